The number of rotatable bonds is 4. The zero-order valence-corrected chi connectivity index (χ0v) is 8.10. The third-order valence-corrected chi connectivity index (χ3v) is 2.03. The van der Waals surface area contributed by atoms with Crippen molar-refractivity contribution >= 4 is 0 Å². The molecule has 0 amide bonds. The van der Waals surface area contributed by atoms with E-state index in [2.05, 4.69) is 0 Å². The second kappa shape index (κ2) is 4.83. The highest BCUT2D eigenvalue weighted by Gasteiger charge is 2.09. The van der Waals surface area contributed by atoms with Gasteiger partial charge < -0.3 is 20.7 Å². The van der Waals surface area contributed by atoms with E-state index >= 15 is 0 Å². The van der Waals surface area contributed by atoms with E-state index in [1.807, 2.05) is 0 Å². The molecule has 0 saturated carbocycles. The predicted octanol–water partition coefficient (Wildman–Crippen LogP) is 0.783. The van der Waals surface area contributed by atoms with E-state index in [1.54, 1.807) is 12.1 Å². The van der Waals surface area contributed by atoms with Crippen LogP contribution in [0.1, 0.15) is 18.1 Å². The lowest BCUT2D eigenvalue weighted by atomic mass is 10.1. The molecule has 0 unspecified atom stereocenters. The molecule has 1 rings (SSSR count). The van der Waals surface area contributed by atoms with E-state index < -0.39 is 6.10 Å². The number of hydrogen-bond donors (Lipinski definition) is 3. The lowest BCUT2D eigenvalue weighted by molar-refractivity contribution is 0.170. The van der Waals surface area contributed by atoms with Crippen molar-refractivity contribution in [2.75, 3.05) is 13.7 Å². The van der Waals surface area contributed by atoms with Gasteiger partial charge in [-0.3, -0.25) is 0 Å². The highest BCUT2D eigenvalue weighted by molar-refractivity contribution is 5.42. The van der Waals surface area contributed by atoms with Crippen molar-refractivity contribution in [1.29, 1.82) is 0 Å². The van der Waals surface area contributed by atoms with Gasteiger partial charge >= 0.3 is 0 Å². The van der Waals surface area contributed by atoms with E-state index in [-0.39, 0.29) is 5.75 Å². The van der Waals surface area contributed by atoms with Crippen LogP contribution in [0.4, 0.5) is 0 Å². The molecular weight excluding hydrogens is 182 g/mol. The fourth-order valence-corrected chi connectivity index (χ4v) is 1.24. The molecule has 0 aliphatic rings. The molecule has 0 saturated heterocycles. The predicted molar refractivity (Wildman–Crippen MR) is 53.3 cm³/mol. The number of benzene rings is 1. The van der Waals surface area contributed by atoms with Gasteiger partial charge in [0.2, 0.25) is 0 Å². The molecule has 0 radical (unpaired) electrons. The van der Waals surface area contributed by atoms with Crippen LogP contribution in [0, 0.1) is 0 Å². The lowest BCUT2D eigenvalue weighted by Crippen LogP contribution is -2.06. The average molecular weight is 197 g/mol. The Hall–Kier alpha value is -1.26. The zero-order valence-electron chi connectivity index (χ0n) is 8.10. The maximum atomic E-state index is 9.58. The molecule has 0 bridgehead atoms. The molecule has 0 spiro atoms. The topological polar surface area (TPSA) is 75.7 Å². The van der Waals surface area contributed by atoms with E-state index in [4.69, 9.17) is 10.5 Å². The third-order valence-electron chi connectivity index (χ3n) is 2.03. The molecular formula is C10H15NO3. The van der Waals surface area contributed by atoms with Crippen LogP contribution in [0.25, 0.3) is 0 Å². The summed E-state index contributed by atoms with van der Waals surface area (Å²) in [5.74, 6) is 0.426. The van der Waals surface area contributed by atoms with Crippen molar-refractivity contribution in [2.45, 2.75) is 12.5 Å². The number of hydrogen-bond acceptors (Lipinski definition) is 4. The van der Waals surface area contributed by atoms with Gasteiger partial charge in [0, 0.05) is 0 Å². The van der Waals surface area contributed by atoms with Crippen LogP contribution < -0.4 is 10.5 Å². The fraction of sp³-hybridized carbons (Fsp3) is 0.400. The quantitative estimate of drug-likeness (QED) is 0.666. The summed E-state index contributed by atoms with van der Waals surface area (Å²) in [6, 6.07) is 4.81. The Balaban J connectivity index is 2.85. The molecule has 0 fully saturated rings. The number of methoxy groups -OCH3 is 1. The molecule has 0 aliphatic heterocycles. The van der Waals surface area contributed by atoms with Crippen molar-refractivity contribution in [3.8, 4) is 11.5 Å². The highest BCUT2D eigenvalue weighted by Crippen LogP contribution is 2.29. The Morgan fingerprint density at radius 3 is 2.71 bits per heavy atom. The number of aliphatic hydroxyl groups is 1. The first-order chi connectivity index (χ1) is 6.69. The summed E-state index contributed by atoms with van der Waals surface area (Å²) in [7, 11) is 1.48. The number of phenolic OH excluding ortho intramolecular Hbond substituents is 1. The molecule has 0 heterocycles. The first-order valence-electron chi connectivity index (χ1n) is 4.44. The van der Waals surface area contributed by atoms with Crippen LogP contribution >= 0.6 is 0 Å². The standard InChI is InChI=1S/C10H15NO3/c1-14-10-3-2-7(6-9(10)13)8(12)4-5-11/h2-3,6,8,12-13H,4-5,11H2,1H3/t8-/m0/s1. The maximum Gasteiger partial charge on any atom is 0.160 e. The average Bonchev–Trinajstić information content (AvgIpc) is 2.18. The summed E-state index contributed by atoms with van der Waals surface area (Å²) >= 11 is 0. The molecule has 1 aromatic carbocycles. The molecule has 0 aromatic heterocycles. The smallest absolute Gasteiger partial charge is 0.160 e. The summed E-state index contributed by atoms with van der Waals surface area (Å²) in [5, 5.41) is 19.0. The van der Waals surface area contributed by atoms with Gasteiger partial charge in [-0.1, -0.05) is 6.07 Å². The Labute approximate surface area is 82.9 Å². The van der Waals surface area contributed by atoms with E-state index in [0.29, 0.717) is 24.3 Å². The molecule has 4 heteroatoms. The normalized spacial score (nSPS) is 12.5. The first kappa shape index (κ1) is 10.8. The Morgan fingerprint density at radius 1 is 1.50 bits per heavy atom. The van der Waals surface area contributed by atoms with Crippen molar-refractivity contribution in [2.24, 2.45) is 5.73 Å². The summed E-state index contributed by atoms with van der Waals surface area (Å²) in [6.07, 6.45) is -0.150. The molecule has 0 aliphatic carbocycles. The van der Waals surface area contributed by atoms with Gasteiger partial charge in [-0.15, -0.1) is 0 Å². The van der Waals surface area contributed by atoms with Crippen molar-refractivity contribution < 1.29 is 14.9 Å². The van der Waals surface area contributed by atoms with Crippen LogP contribution in [0.15, 0.2) is 18.2 Å². The minimum absolute atomic E-state index is 0.0288. The summed E-state index contributed by atoms with van der Waals surface area (Å²) in [6.45, 7) is 0.411. The SMILES string of the molecule is COc1ccc([C@@H](O)CCN)cc1O. The van der Waals surface area contributed by atoms with E-state index in [9.17, 15) is 10.2 Å². The van der Waals surface area contributed by atoms with Crippen molar-refractivity contribution in [3.63, 3.8) is 0 Å². The van der Waals surface area contributed by atoms with Gasteiger partial charge in [0.1, 0.15) is 0 Å². The highest BCUT2D eigenvalue weighted by atomic mass is 16.5. The van der Waals surface area contributed by atoms with Crippen LogP contribution in [0.2, 0.25) is 0 Å². The second-order valence-corrected chi connectivity index (χ2v) is 3.02. The minimum Gasteiger partial charge on any atom is -0.504 e. The largest absolute Gasteiger partial charge is 0.504 e. The second-order valence-electron chi connectivity index (χ2n) is 3.02. The number of nitrogens with two attached hydrogens (primary N) is 1. The van der Waals surface area contributed by atoms with Gasteiger partial charge in [-0.05, 0) is 30.7 Å². The fourth-order valence-electron chi connectivity index (χ4n) is 1.24. The summed E-state index contributed by atoms with van der Waals surface area (Å²) < 4.78 is 4.88. The zero-order chi connectivity index (χ0) is 10.6. The summed E-state index contributed by atoms with van der Waals surface area (Å²) in [4.78, 5) is 0. The molecule has 1 atom stereocenters. The summed E-state index contributed by atoms with van der Waals surface area (Å²) in [5.41, 5.74) is 5.96. The Kier molecular flexibility index (Phi) is 3.73. The Bertz CT molecular complexity index is 301. The monoisotopic (exact) mass is 197 g/mol. The maximum absolute atomic E-state index is 9.58. The molecule has 14 heavy (non-hydrogen) atoms. The molecule has 1 aromatic rings. The van der Waals surface area contributed by atoms with Gasteiger partial charge in [0.05, 0.1) is 13.2 Å². The van der Waals surface area contributed by atoms with Crippen LogP contribution in [0.5, 0.6) is 11.5 Å². The lowest BCUT2D eigenvalue weighted by Gasteiger charge is -2.11. The van der Waals surface area contributed by atoms with Gasteiger partial charge in [-0.2, -0.15) is 0 Å². The number of aliphatic hydroxyl groups excluding tert-OH is 1. The molecule has 4 N–H and O–H groups in total. The number of aromatic hydroxyl groups is 1. The third kappa shape index (κ3) is 2.37. The number of ether oxygens (including phenoxy) is 1. The van der Waals surface area contributed by atoms with Gasteiger partial charge in [-0.25, -0.2) is 0 Å². The van der Waals surface area contributed by atoms with Gasteiger partial charge in [0.15, 0.2) is 11.5 Å². The molecule has 78 valence electrons. The van der Waals surface area contributed by atoms with Crippen molar-refractivity contribution in [3.05, 3.63) is 23.8 Å². The van der Waals surface area contributed by atoms with E-state index in [0.717, 1.165) is 0 Å². The van der Waals surface area contributed by atoms with Crippen LogP contribution in [0.3, 0.4) is 0 Å². The minimum atomic E-state index is -0.628. The molecule has 4 nitrogen and oxygen atoms in total. The number of phenols is 1. The van der Waals surface area contributed by atoms with E-state index in [1.165, 1.54) is 13.2 Å². The van der Waals surface area contributed by atoms with Crippen molar-refractivity contribution in [1.82, 2.24) is 0 Å². The van der Waals surface area contributed by atoms with Gasteiger partial charge in [0.25, 0.3) is 0 Å². The Morgan fingerprint density at radius 2 is 2.21 bits per heavy atom. The first-order valence-corrected chi connectivity index (χ1v) is 4.44. The van der Waals surface area contributed by atoms with Crippen LogP contribution in [-0.2, 0) is 0 Å². The van der Waals surface area contributed by atoms with Crippen LogP contribution in [-0.4, -0.2) is 23.9 Å².